The molecular weight excluding hydrogens is 208 g/mol. The predicted molar refractivity (Wildman–Crippen MR) is 67.6 cm³/mol. The van der Waals surface area contributed by atoms with E-state index in [4.69, 9.17) is 0 Å². The van der Waals surface area contributed by atoms with E-state index in [0.717, 1.165) is 23.8 Å². The van der Waals surface area contributed by atoms with Gasteiger partial charge in [0.25, 0.3) is 0 Å². The maximum Gasteiger partial charge on any atom is 0.0218 e. The van der Waals surface area contributed by atoms with E-state index in [2.05, 4.69) is 31.0 Å². The first kappa shape index (κ1) is 13.3. The third kappa shape index (κ3) is 3.61. The Labute approximate surface area is 100 Å². The molecule has 90 valence electrons. The number of nitrogens with zero attached hydrogens (tertiary/aromatic N) is 1. The van der Waals surface area contributed by atoms with Crippen molar-refractivity contribution in [2.75, 3.05) is 26.2 Å². The molecule has 0 bridgehead atoms. The Morgan fingerprint density at radius 3 is 2.60 bits per heavy atom. The van der Waals surface area contributed by atoms with E-state index in [1.807, 2.05) is 0 Å². The number of piperazine rings is 1. The molecule has 1 N–H and O–H groups in total. The maximum atomic E-state index is 3.61. The molecule has 0 amide bonds. The molecule has 3 atom stereocenters. The smallest absolute Gasteiger partial charge is 0.0218 e. The van der Waals surface area contributed by atoms with Gasteiger partial charge in [-0.3, -0.25) is 0 Å². The lowest BCUT2D eigenvalue weighted by molar-refractivity contribution is 0.167. The Balaban J connectivity index is 0.00000112. The average molecular weight is 233 g/mol. The van der Waals surface area contributed by atoms with Crippen LogP contribution >= 0.6 is 12.4 Å². The van der Waals surface area contributed by atoms with Crippen LogP contribution in [-0.4, -0.2) is 37.1 Å². The fraction of sp³-hybridized carbons (Fsp3) is 1.00. The molecule has 2 aliphatic rings. The summed E-state index contributed by atoms with van der Waals surface area (Å²) in [6.07, 6.45) is 1.47. The summed E-state index contributed by atoms with van der Waals surface area (Å²) in [5.41, 5.74) is 0. The van der Waals surface area contributed by atoms with Gasteiger partial charge in [0, 0.05) is 32.2 Å². The molecule has 15 heavy (non-hydrogen) atoms. The molecule has 0 spiro atoms. The Morgan fingerprint density at radius 1 is 1.40 bits per heavy atom. The van der Waals surface area contributed by atoms with Gasteiger partial charge in [0.05, 0.1) is 0 Å². The van der Waals surface area contributed by atoms with Crippen molar-refractivity contribution < 1.29 is 0 Å². The summed E-state index contributed by atoms with van der Waals surface area (Å²) in [5, 5.41) is 3.61. The Bertz CT molecular complexity index is 196. The van der Waals surface area contributed by atoms with Crippen molar-refractivity contribution in [3.63, 3.8) is 0 Å². The molecule has 1 aliphatic carbocycles. The van der Waals surface area contributed by atoms with E-state index in [1.54, 1.807) is 0 Å². The highest BCUT2D eigenvalue weighted by Gasteiger charge is 2.35. The molecule has 2 fully saturated rings. The van der Waals surface area contributed by atoms with E-state index in [9.17, 15) is 0 Å². The summed E-state index contributed by atoms with van der Waals surface area (Å²) in [6.45, 7) is 12.1. The lowest BCUT2D eigenvalue weighted by Crippen LogP contribution is -2.53. The van der Waals surface area contributed by atoms with Gasteiger partial charge in [-0.1, -0.05) is 20.8 Å². The monoisotopic (exact) mass is 232 g/mol. The first-order chi connectivity index (χ1) is 6.66. The summed E-state index contributed by atoms with van der Waals surface area (Å²) in [7, 11) is 0. The van der Waals surface area contributed by atoms with Crippen molar-refractivity contribution in [2.45, 2.75) is 33.2 Å². The van der Waals surface area contributed by atoms with Crippen molar-refractivity contribution in [3.05, 3.63) is 0 Å². The Hall–Kier alpha value is 0.210. The van der Waals surface area contributed by atoms with Crippen LogP contribution in [0.25, 0.3) is 0 Å². The largest absolute Gasteiger partial charge is 0.311 e. The molecule has 2 unspecified atom stereocenters. The molecule has 0 aromatic heterocycles. The third-order valence-corrected chi connectivity index (χ3v) is 3.86. The summed E-state index contributed by atoms with van der Waals surface area (Å²) < 4.78 is 0. The highest BCUT2D eigenvalue weighted by atomic mass is 35.5. The second-order valence-electron chi connectivity index (χ2n) is 5.54. The van der Waals surface area contributed by atoms with Crippen LogP contribution in [-0.2, 0) is 0 Å². The zero-order chi connectivity index (χ0) is 10.1. The Morgan fingerprint density at radius 2 is 2.07 bits per heavy atom. The summed E-state index contributed by atoms with van der Waals surface area (Å²) in [5.74, 6) is 2.79. The van der Waals surface area contributed by atoms with Gasteiger partial charge in [0.15, 0.2) is 0 Å². The minimum absolute atomic E-state index is 0. The van der Waals surface area contributed by atoms with E-state index < -0.39 is 0 Å². The molecule has 1 saturated heterocycles. The van der Waals surface area contributed by atoms with Crippen molar-refractivity contribution in [2.24, 2.45) is 17.8 Å². The van der Waals surface area contributed by atoms with Gasteiger partial charge in [-0.15, -0.1) is 12.4 Å². The SMILES string of the molecule is CC1CC1CN1CCN[C@@H](C(C)C)C1.Cl. The second-order valence-corrected chi connectivity index (χ2v) is 5.54. The van der Waals surface area contributed by atoms with Crippen LogP contribution in [0, 0.1) is 17.8 Å². The molecule has 2 rings (SSSR count). The number of hydrogen-bond acceptors (Lipinski definition) is 2. The average Bonchev–Trinajstić information content (AvgIpc) is 2.82. The number of nitrogens with one attached hydrogen (secondary N) is 1. The van der Waals surface area contributed by atoms with Crippen LogP contribution in [0.4, 0.5) is 0 Å². The molecule has 2 nitrogen and oxygen atoms in total. The highest BCUT2D eigenvalue weighted by Crippen LogP contribution is 2.38. The normalized spacial score (nSPS) is 36.4. The van der Waals surface area contributed by atoms with Gasteiger partial charge in [-0.2, -0.15) is 0 Å². The van der Waals surface area contributed by atoms with Crippen LogP contribution < -0.4 is 5.32 Å². The van der Waals surface area contributed by atoms with Crippen molar-refractivity contribution in [1.29, 1.82) is 0 Å². The van der Waals surface area contributed by atoms with E-state index >= 15 is 0 Å². The van der Waals surface area contributed by atoms with Gasteiger partial charge in [-0.25, -0.2) is 0 Å². The third-order valence-electron chi connectivity index (χ3n) is 3.86. The zero-order valence-electron chi connectivity index (χ0n) is 10.2. The number of hydrogen-bond donors (Lipinski definition) is 1. The first-order valence-electron chi connectivity index (χ1n) is 6.12. The summed E-state index contributed by atoms with van der Waals surface area (Å²) >= 11 is 0. The molecule has 0 aromatic carbocycles. The maximum absolute atomic E-state index is 3.61. The zero-order valence-corrected chi connectivity index (χ0v) is 11.0. The van der Waals surface area contributed by atoms with Crippen molar-refractivity contribution in [3.8, 4) is 0 Å². The summed E-state index contributed by atoms with van der Waals surface area (Å²) in [4.78, 5) is 2.66. The van der Waals surface area contributed by atoms with E-state index in [0.29, 0.717) is 0 Å². The highest BCUT2D eigenvalue weighted by molar-refractivity contribution is 5.85. The minimum atomic E-state index is 0. The summed E-state index contributed by atoms with van der Waals surface area (Å²) in [6, 6.07) is 0.720. The van der Waals surface area contributed by atoms with Gasteiger partial charge in [-0.05, 0) is 24.2 Å². The molecule has 1 aliphatic heterocycles. The number of halogens is 1. The molecule has 3 heteroatoms. The number of rotatable bonds is 3. The van der Waals surface area contributed by atoms with Crippen LogP contribution in [0.3, 0.4) is 0 Å². The topological polar surface area (TPSA) is 15.3 Å². The molecule has 0 radical (unpaired) electrons. The predicted octanol–water partition coefficient (Wildman–Crippen LogP) is 1.99. The van der Waals surface area contributed by atoms with E-state index in [-0.39, 0.29) is 12.4 Å². The lowest BCUT2D eigenvalue weighted by Gasteiger charge is -2.35. The first-order valence-corrected chi connectivity index (χ1v) is 6.12. The second kappa shape index (κ2) is 5.51. The minimum Gasteiger partial charge on any atom is -0.311 e. The van der Waals surface area contributed by atoms with Crippen LogP contribution in [0.1, 0.15) is 27.2 Å². The van der Waals surface area contributed by atoms with Gasteiger partial charge < -0.3 is 10.2 Å². The standard InChI is InChI=1S/C12H24N2.ClH/c1-9(2)12-8-14(5-4-13-12)7-11-6-10(11)3;/h9-13H,4-8H2,1-3H3;1H/t10?,11?,12-;/m1./s1. The Kier molecular flexibility index (Phi) is 4.88. The van der Waals surface area contributed by atoms with E-state index in [1.165, 1.54) is 32.6 Å². The molecule has 0 aromatic rings. The van der Waals surface area contributed by atoms with Gasteiger partial charge in [0.1, 0.15) is 0 Å². The van der Waals surface area contributed by atoms with Crippen LogP contribution in [0.2, 0.25) is 0 Å². The van der Waals surface area contributed by atoms with Crippen molar-refractivity contribution >= 4 is 12.4 Å². The van der Waals surface area contributed by atoms with Gasteiger partial charge in [0.2, 0.25) is 0 Å². The fourth-order valence-electron chi connectivity index (χ4n) is 2.44. The quantitative estimate of drug-likeness (QED) is 0.801. The van der Waals surface area contributed by atoms with Crippen LogP contribution in [0.15, 0.2) is 0 Å². The molecule has 1 saturated carbocycles. The van der Waals surface area contributed by atoms with Gasteiger partial charge >= 0.3 is 0 Å². The lowest BCUT2D eigenvalue weighted by atomic mass is 10.0. The molecular formula is C12H25ClN2. The van der Waals surface area contributed by atoms with Crippen molar-refractivity contribution in [1.82, 2.24) is 10.2 Å². The van der Waals surface area contributed by atoms with Crippen LogP contribution in [0.5, 0.6) is 0 Å². The molecule has 1 heterocycles. The fourth-order valence-corrected chi connectivity index (χ4v) is 2.44.